The van der Waals surface area contributed by atoms with E-state index in [1.807, 2.05) is 0 Å². The number of benzene rings is 1. The first-order valence-electron chi connectivity index (χ1n) is 9.41. The number of ether oxygens (including phenoxy) is 1. The average molecular weight is 358 g/mol. The zero-order valence-corrected chi connectivity index (χ0v) is 15.2. The first-order valence-corrected chi connectivity index (χ1v) is 9.41. The predicted molar refractivity (Wildman–Crippen MR) is 97.9 cm³/mol. The second-order valence-electron chi connectivity index (χ2n) is 7.21. The molecule has 140 valence electrons. The summed E-state index contributed by atoms with van der Waals surface area (Å²) in [5.41, 5.74) is 1.16. The number of carbonyl (C=O) groups excluding carboxylic acids is 3. The van der Waals surface area contributed by atoms with E-state index in [1.165, 1.54) is 6.42 Å². The van der Waals surface area contributed by atoms with E-state index in [1.54, 1.807) is 29.2 Å². The Labute approximate surface area is 153 Å². The number of hydrogen-bond donors (Lipinski definition) is 1. The van der Waals surface area contributed by atoms with Gasteiger partial charge in [-0.3, -0.25) is 9.59 Å². The van der Waals surface area contributed by atoms with Gasteiger partial charge in [0.2, 0.25) is 5.91 Å². The monoisotopic (exact) mass is 358 g/mol. The van der Waals surface area contributed by atoms with Gasteiger partial charge in [0, 0.05) is 24.7 Å². The van der Waals surface area contributed by atoms with Crippen LogP contribution in [0.1, 0.15) is 55.8 Å². The zero-order valence-electron chi connectivity index (χ0n) is 15.2. The Morgan fingerprint density at radius 1 is 1.15 bits per heavy atom. The summed E-state index contributed by atoms with van der Waals surface area (Å²) in [7, 11) is 0. The molecule has 26 heavy (non-hydrogen) atoms. The van der Waals surface area contributed by atoms with Crippen molar-refractivity contribution in [2.24, 2.45) is 5.92 Å². The molecular formula is C20H26N2O4. The molecule has 0 spiro atoms. The standard InChI is InChI=1S/C20H26N2O4/c1-14-5-2-3-6-17(14)21-18(23)13-26-20(25)15-8-10-16(11-9-15)22-12-4-7-19(22)24/h8-11,14,17H,2-7,12-13H2,1H3,(H,21,23)/t14-,17-/m0/s1. The third kappa shape index (κ3) is 4.42. The number of hydrogen-bond acceptors (Lipinski definition) is 4. The predicted octanol–water partition coefficient (Wildman–Crippen LogP) is 2.67. The van der Waals surface area contributed by atoms with E-state index in [0.717, 1.165) is 31.4 Å². The number of nitrogens with zero attached hydrogens (tertiary/aromatic N) is 1. The summed E-state index contributed by atoms with van der Waals surface area (Å²) in [4.78, 5) is 37.6. The van der Waals surface area contributed by atoms with Gasteiger partial charge in [0.15, 0.2) is 6.61 Å². The second-order valence-corrected chi connectivity index (χ2v) is 7.21. The fraction of sp³-hybridized carbons (Fsp3) is 0.550. The zero-order chi connectivity index (χ0) is 18.5. The summed E-state index contributed by atoms with van der Waals surface area (Å²) in [6.45, 7) is 2.58. The van der Waals surface area contributed by atoms with Crippen LogP contribution < -0.4 is 10.2 Å². The lowest BCUT2D eigenvalue weighted by molar-refractivity contribution is -0.125. The van der Waals surface area contributed by atoms with Crippen LogP contribution in [0.4, 0.5) is 5.69 Å². The first-order chi connectivity index (χ1) is 12.5. The number of amides is 2. The molecule has 1 saturated heterocycles. The lowest BCUT2D eigenvalue weighted by Gasteiger charge is -2.29. The Hall–Kier alpha value is -2.37. The molecule has 0 bridgehead atoms. The number of carbonyl (C=O) groups is 3. The maximum absolute atomic E-state index is 12.1. The topological polar surface area (TPSA) is 75.7 Å². The fourth-order valence-corrected chi connectivity index (χ4v) is 3.69. The average Bonchev–Trinajstić information content (AvgIpc) is 3.08. The van der Waals surface area contributed by atoms with Crippen molar-refractivity contribution in [1.82, 2.24) is 5.32 Å². The highest BCUT2D eigenvalue weighted by Gasteiger charge is 2.24. The van der Waals surface area contributed by atoms with Gasteiger partial charge < -0.3 is 15.0 Å². The van der Waals surface area contributed by atoms with Crippen LogP contribution in [0.25, 0.3) is 0 Å². The molecule has 0 unspecified atom stereocenters. The minimum Gasteiger partial charge on any atom is -0.452 e. The van der Waals surface area contributed by atoms with Gasteiger partial charge in [0.25, 0.3) is 5.91 Å². The third-order valence-electron chi connectivity index (χ3n) is 5.28. The molecule has 0 radical (unpaired) electrons. The maximum Gasteiger partial charge on any atom is 0.338 e. The number of rotatable bonds is 5. The van der Waals surface area contributed by atoms with E-state index in [-0.39, 0.29) is 24.5 Å². The molecule has 1 heterocycles. The van der Waals surface area contributed by atoms with Crippen molar-refractivity contribution in [2.45, 2.75) is 51.5 Å². The van der Waals surface area contributed by atoms with Crippen LogP contribution in [0, 0.1) is 5.92 Å². The van der Waals surface area contributed by atoms with E-state index in [4.69, 9.17) is 4.74 Å². The fourth-order valence-electron chi connectivity index (χ4n) is 3.69. The summed E-state index contributed by atoms with van der Waals surface area (Å²) in [5, 5.41) is 2.97. The molecular weight excluding hydrogens is 332 g/mol. The smallest absolute Gasteiger partial charge is 0.338 e. The summed E-state index contributed by atoms with van der Waals surface area (Å²) in [5.74, 6) is -0.217. The molecule has 1 aromatic rings. The maximum atomic E-state index is 12.1. The Morgan fingerprint density at radius 2 is 1.88 bits per heavy atom. The van der Waals surface area contributed by atoms with E-state index in [0.29, 0.717) is 24.4 Å². The minimum absolute atomic E-state index is 0.105. The van der Waals surface area contributed by atoms with Gasteiger partial charge in [0.05, 0.1) is 5.56 Å². The van der Waals surface area contributed by atoms with Gasteiger partial charge in [-0.25, -0.2) is 4.79 Å². The van der Waals surface area contributed by atoms with Crippen molar-refractivity contribution in [3.63, 3.8) is 0 Å². The molecule has 1 saturated carbocycles. The van der Waals surface area contributed by atoms with Crippen LogP contribution in [0.15, 0.2) is 24.3 Å². The van der Waals surface area contributed by atoms with E-state index in [2.05, 4.69) is 12.2 Å². The van der Waals surface area contributed by atoms with E-state index < -0.39 is 5.97 Å². The molecule has 2 fully saturated rings. The van der Waals surface area contributed by atoms with Gasteiger partial charge in [0.1, 0.15) is 0 Å². The van der Waals surface area contributed by atoms with Crippen LogP contribution in [0.3, 0.4) is 0 Å². The van der Waals surface area contributed by atoms with Crippen molar-refractivity contribution in [3.05, 3.63) is 29.8 Å². The third-order valence-corrected chi connectivity index (χ3v) is 5.28. The summed E-state index contributed by atoms with van der Waals surface area (Å²) < 4.78 is 5.12. The van der Waals surface area contributed by atoms with Crippen LogP contribution >= 0.6 is 0 Å². The van der Waals surface area contributed by atoms with Crippen LogP contribution in [-0.4, -0.2) is 37.0 Å². The molecule has 6 nitrogen and oxygen atoms in total. The molecule has 2 amide bonds. The highest BCUT2D eigenvalue weighted by molar-refractivity contribution is 5.96. The van der Waals surface area contributed by atoms with Gasteiger partial charge >= 0.3 is 5.97 Å². The number of nitrogens with one attached hydrogen (secondary N) is 1. The van der Waals surface area contributed by atoms with Gasteiger partial charge in [-0.1, -0.05) is 19.8 Å². The van der Waals surface area contributed by atoms with Crippen LogP contribution in [-0.2, 0) is 14.3 Å². The minimum atomic E-state index is -0.531. The lowest BCUT2D eigenvalue weighted by atomic mass is 9.86. The number of anilines is 1. The van der Waals surface area contributed by atoms with E-state index >= 15 is 0 Å². The Bertz CT molecular complexity index is 671. The van der Waals surface area contributed by atoms with E-state index in [9.17, 15) is 14.4 Å². The Kier molecular flexibility index (Phi) is 5.91. The SMILES string of the molecule is C[C@H]1CCCC[C@@H]1NC(=O)COC(=O)c1ccc(N2CCCC2=O)cc1. The van der Waals surface area contributed by atoms with Gasteiger partial charge in [-0.05, 0) is 49.4 Å². The molecule has 6 heteroatoms. The van der Waals surface area contributed by atoms with Crippen molar-refractivity contribution >= 4 is 23.5 Å². The van der Waals surface area contributed by atoms with Crippen LogP contribution in [0.2, 0.25) is 0 Å². The molecule has 1 aromatic carbocycles. The molecule has 2 atom stereocenters. The summed E-state index contributed by atoms with van der Waals surface area (Å²) in [6, 6.07) is 6.91. The molecule has 1 aliphatic carbocycles. The molecule has 3 rings (SSSR count). The Morgan fingerprint density at radius 3 is 2.54 bits per heavy atom. The molecule has 2 aliphatic rings. The molecule has 1 aliphatic heterocycles. The highest BCUT2D eigenvalue weighted by atomic mass is 16.5. The quantitative estimate of drug-likeness (QED) is 0.821. The van der Waals surface area contributed by atoms with Crippen molar-refractivity contribution in [1.29, 1.82) is 0 Å². The van der Waals surface area contributed by atoms with Gasteiger partial charge in [-0.2, -0.15) is 0 Å². The first kappa shape index (κ1) is 18.4. The lowest BCUT2D eigenvalue weighted by Crippen LogP contribution is -2.42. The molecule has 1 N–H and O–H groups in total. The second kappa shape index (κ2) is 8.34. The number of esters is 1. The van der Waals surface area contributed by atoms with Crippen molar-refractivity contribution < 1.29 is 19.1 Å². The summed E-state index contributed by atoms with van der Waals surface area (Å²) >= 11 is 0. The van der Waals surface area contributed by atoms with Crippen molar-refractivity contribution in [2.75, 3.05) is 18.1 Å². The van der Waals surface area contributed by atoms with Crippen LogP contribution in [0.5, 0.6) is 0 Å². The van der Waals surface area contributed by atoms with Gasteiger partial charge in [-0.15, -0.1) is 0 Å². The Balaban J connectivity index is 1.48. The largest absolute Gasteiger partial charge is 0.452 e. The normalized spacial score (nSPS) is 23.0. The summed E-state index contributed by atoms with van der Waals surface area (Å²) in [6.07, 6.45) is 5.87. The molecule has 0 aromatic heterocycles. The van der Waals surface area contributed by atoms with Crippen molar-refractivity contribution in [3.8, 4) is 0 Å². The highest BCUT2D eigenvalue weighted by Crippen LogP contribution is 2.24.